The van der Waals surface area contributed by atoms with Crippen LogP contribution in [0.15, 0.2) is 0 Å². The highest BCUT2D eigenvalue weighted by atomic mass is 16.2. The van der Waals surface area contributed by atoms with Crippen LogP contribution in [0.1, 0.15) is 26.8 Å². The number of nitrogens with one attached hydrogen (secondary N) is 2. The average Bonchev–Trinajstić information content (AvgIpc) is 2.53. The van der Waals surface area contributed by atoms with Gasteiger partial charge in [0.25, 0.3) is 11.8 Å². The molecule has 0 bridgehead atoms. The van der Waals surface area contributed by atoms with Crippen LogP contribution in [-0.2, 0) is 7.05 Å². The van der Waals surface area contributed by atoms with Gasteiger partial charge in [-0.1, -0.05) is 0 Å². The molecule has 1 aromatic heterocycles. The Morgan fingerprint density at radius 1 is 1.20 bits per heavy atom. The second kappa shape index (κ2) is 4.12. The molecule has 0 aliphatic carbocycles. The monoisotopic (exact) mass is 210 g/mol. The van der Waals surface area contributed by atoms with Crippen LogP contribution in [0.3, 0.4) is 0 Å². The van der Waals surface area contributed by atoms with E-state index in [1.165, 1.54) is 14.1 Å². The maximum Gasteiger partial charge on any atom is 0.272 e. The molecule has 0 aromatic carbocycles. The van der Waals surface area contributed by atoms with Crippen molar-refractivity contribution in [1.82, 2.24) is 20.2 Å². The van der Waals surface area contributed by atoms with E-state index in [4.69, 9.17) is 0 Å². The molecule has 0 atom stereocenters. The summed E-state index contributed by atoms with van der Waals surface area (Å²) in [7, 11) is 4.71. The Labute approximate surface area is 87.7 Å². The van der Waals surface area contributed by atoms with Crippen molar-refractivity contribution in [3.63, 3.8) is 0 Å². The van der Waals surface area contributed by atoms with Gasteiger partial charge < -0.3 is 15.2 Å². The van der Waals surface area contributed by atoms with Crippen molar-refractivity contribution in [3.05, 3.63) is 17.2 Å². The van der Waals surface area contributed by atoms with E-state index in [9.17, 15) is 9.59 Å². The fraction of sp³-hybridized carbons (Fsp3) is 0.444. The first kappa shape index (κ1) is 11.2. The van der Waals surface area contributed by atoms with Crippen LogP contribution in [-0.4, -0.2) is 35.5 Å². The number of aryl methyl sites for hydroxylation is 1. The van der Waals surface area contributed by atoms with Gasteiger partial charge in [-0.05, 0) is 6.92 Å². The summed E-state index contributed by atoms with van der Waals surface area (Å²) >= 11 is 0. The Morgan fingerprint density at radius 3 is 2.20 bits per heavy atom. The molecule has 0 radical (unpaired) electrons. The van der Waals surface area contributed by atoms with E-state index in [1.807, 2.05) is 0 Å². The summed E-state index contributed by atoms with van der Waals surface area (Å²) in [6.07, 6.45) is 0. The highest BCUT2D eigenvalue weighted by Gasteiger charge is 2.22. The number of carbonyl (C=O) groups excluding carboxylic acids is 2. The lowest BCUT2D eigenvalue weighted by Gasteiger charge is -2.03. The van der Waals surface area contributed by atoms with Gasteiger partial charge in [0.1, 0.15) is 11.5 Å². The summed E-state index contributed by atoms with van der Waals surface area (Å²) in [5.74, 6) is -0.0683. The average molecular weight is 210 g/mol. The van der Waals surface area contributed by atoms with Crippen molar-refractivity contribution in [1.29, 1.82) is 0 Å². The fourth-order valence-corrected chi connectivity index (χ4v) is 1.27. The molecule has 0 saturated heterocycles. The molecular weight excluding hydrogens is 196 g/mol. The SMILES string of the molecule is CNC(=O)c1nc(C)n(C)c1C(=O)NC. The second-order valence-electron chi connectivity index (χ2n) is 3.07. The molecule has 0 unspecified atom stereocenters. The summed E-state index contributed by atoms with van der Waals surface area (Å²) in [4.78, 5) is 27.0. The summed E-state index contributed by atoms with van der Waals surface area (Å²) in [6.45, 7) is 1.74. The zero-order chi connectivity index (χ0) is 11.6. The lowest BCUT2D eigenvalue weighted by molar-refractivity contribution is 0.0921. The largest absolute Gasteiger partial charge is 0.354 e. The normalized spacial score (nSPS) is 9.87. The van der Waals surface area contributed by atoms with Gasteiger partial charge in [0.2, 0.25) is 0 Å². The van der Waals surface area contributed by atoms with E-state index in [0.29, 0.717) is 5.82 Å². The highest BCUT2D eigenvalue weighted by molar-refractivity contribution is 6.04. The second-order valence-corrected chi connectivity index (χ2v) is 3.07. The Morgan fingerprint density at radius 2 is 1.73 bits per heavy atom. The maximum atomic E-state index is 11.5. The number of hydrogen-bond acceptors (Lipinski definition) is 3. The van der Waals surface area contributed by atoms with Crippen molar-refractivity contribution in [3.8, 4) is 0 Å². The molecule has 6 heteroatoms. The van der Waals surface area contributed by atoms with Crippen molar-refractivity contribution in [2.24, 2.45) is 7.05 Å². The van der Waals surface area contributed by atoms with E-state index in [1.54, 1.807) is 18.5 Å². The summed E-state index contributed by atoms with van der Waals surface area (Å²) in [5.41, 5.74) is 0.422. The minimum absolute atomic E-state index is 0.150. The number of imidazole rings is 1. The van der Waals surface area contributed by atoms with Crippen LogP contribution in [0.2, 0.25) is 0 Å². The molecule has 0 fully saturated rings. The molecule has 2 N–H and O–H groups in total. The molecular formula is C9H14N4O2. The van der Waals surface area contributed by atoms with Gasteiger partial charge in [0.15, 0.2) is 5.69 Å². The number of nitrogens with zero attached hydrogens (tertiary/aromatic N) is 2. The molecule has 0 aliphatic heterocycles. The predicted molar refractivity (Wildman–Crippen MR) is 54.7 cm³/mol. The van der Waals surface area contributed by atoms with Gasteiger partial charge in [0, 0.05) is 21.1 Å². The highest BCUT2D eigenvalue weighted by Crippen LogP contribution is 2.09. The third kappa shape index (κ3) is 1.83. The van der Waals surface area contributed by atoms with Crippen LogP contribution in [0.4, 0.5) is 0 Å². The van der Waals surface area contributed by atoms with Crippen LogP contribution < -0.4 is 10.6 Å². The van der Waals surface area contributed by atoms with E-state index in [-0.39, 0.29) is 23.2 Å². The molecule has 0 aliphatic rings. The van der Waals surface area contributed by atoms with Crippen LogP contribution in [0, 0.1) is 6.92 Å². The van der Waals surface area contributed by atoms with Gasteiger partial charge >= 0.3 is 0 Å². The first-order valence-corrected chi connectivity index (χ1v) is 4.50. The van der Waals surface area contributed by atoms with E-state index >= 15 is 0 Å². The smallest absolute Gasteiger partial charge is 0.272 e. The van der Waals surface area contributed by atoms with E-state index in [0.717, 1.165) is 0 Å². The third-order valence-corrected chi connectivity index (χ3v) is 2.20. The molecule has 6 nitrogen and oxygen atoms in total. The number of aromatic nitrogens is 2. The number of carbonyl (C=O) groups is 2. The number of amides is 2. The zero-order valence-corrected chi connectivity index (χ0v) is 9.21. The fourth-order valence-electron chi connectivity index (χ4n) is 1.27. The lowest BCUT2D eigenvalue weighted by atomic mass is 10.3. The minimum Gasteiger partial charge on any atom is -0.354 e. The van der Waals surface area contributed by atoms with Gasteiger partial charge in [-0.2, -0.15) is 0 Å². The van der Waals surface area contributed by atoms with Gasteiger partial charge in [0.05, 0.1) is 0 Å². The van der Waals surface area contributed by atoms with Crippen molar-refractivity contribution >= 4 is 11.8 Å². The van der Waals surface area contributed by atoms with E-state index in [2.05, 4.69) is 15.6 Å². The Kier molecular flexibility index (Phi) is 3.08. The maximum absolute atomic E-state index is 11.5. The number of hydrogen-bond donors (Lipinski definition) is 2. The van der Waals surface area contributed by atoms with E-state index < -0.39 is 0 Å². The van der Waals surface area contributed by atoms with Crippen molar-refractivity contribution < 1.29 is 9.59 Å². The standard InChI is InChI=1S/C9H14N4O2/c1-5-12-6(8(14)10-2)7(13(5)4)9(15)11-3/h1-4H3,(H,10,14)(H,11,15). The summed E-state index contributed by atoms with van der Waals surface area (Å²) < 4.78 is 1.59. The molecule has 1 heterocycles. The van der Waals surface area contributed by atoms with Gasteiger partial charge in [-0.25, -0.2) is 4.98 Å². The number of rotatable bonds is 2. The first-order chi connectivity index (χ1) is 7.02. The summed E-state index contributed by atoms with van der Waals surface area (Å²) in [5, 5.41) is 4.92. The van der Waals surface area contributed by atoms with Gasteiger partial charge in [-0.15, -0.1) is 0 Å². The van der Waals surface area contributed by atoms with Crippen LogP contribution in [0.25, 0.3) is 0 Å². The predicted octanol–water partition coefficient (Wildman–Crippen LogP) is -0.552. The topological polar surface area (TPSA) is 76.0 Å². The first-order valence-electron chi connectivity index (χ1n) is 4.50. The van der Waals surface area contributed by atoms with Crippen molar-refractivity contribution in [2.45, 2.75) is 6.92 Å². The quantitative estimate of drug-likeness (QED) is 0.687. The molecule has 1 aromatic rings. The summed E-state index contributed by atoms with van der Waals surface area (Å²) in [6, 6.07) is 0. The van der Waals surface area contributed by atoms with Crippen LogP contribution >= 0.6 is 0 Å². The molecule has 0 saturated carbocycles. The molecule has 15 heavy (non-hydrogen) atoms. The Balaban J connectivity index is 3.33. The zero-order valence-electron chi connectivity index (χ0n) is 9.21. The molecule has 0 spiro atoms. The molecule has 2 amide bonds. The molecule has 82 valence electrons. The van der Waals surface area contributed by atoms with Gasteiger partial charge in [-0.3, -0.25) is 9.59 Å². The lowest BCUT2D eigenvalue weighted by Crippen LogP contribution is -2.27. The minimum atomic E-state index is -0.364. The Bertz CT molecular complexity index is 408. The Hall–Kier alpha value is -1.85. The van der Waals surface area contributed by atoms with Crippen LogP contribution in [0.5, 0.6) is 0 Å². The van der Waals surface area contributed by atoms with Crippen molar-refractivity contribution in [2.75, 3.05) is 14.1 Å². The third-order valence-electron chi connectivity index (χ3n) is 2.20. The molecule has 1 rings (SSSR count).